The number of hydrogen-bond acceptors (Lipinski definition) is 4. The van der Waals surface area contributed by atoms with Gasteiger partial charge in [0, 0.05) is 25.7 Å². The normalized spacial score (nSPS) is 12.5. The molecule has 0 fully saturated rings. The summed E-state index contributed by atoms with van der Waals surface area (Å²) in [5.41, 5.74) is 0.651. The molecule has 0 saturated carbocycles. The first-order chi connectivity index (χ1) is 15.0. The molecule has 11 heteroatoms. The Bertz CT molecular complexity index is 1080. The number of carbonyl (C=O) groups is 2. The Labute approximate surface area is 203 Å². The number of halogens is 3. The second-order valence-corrected chi connectivity index (χ2v) is 10.3. The van der Waals surface area contributed by atoms with E-state index in [2.05, 4.69) is 5.32 Å². The van der Waals surface area contributed by atoms with Crippen molar-refractivity contribution < 1.29 is 18.0 Å². The Morgan fingerprint density at radius 1 is 1.03 bits per heavy atom. The van der Waals surface area contributed by atoms with Gasteiger partial charge in [0.2, 0.25) is 21.8 Å². The minimum absolute atomic E-state index is 0.00609. The van der Waals surface area contributed by atoms with Crippen molar-refractivity contribution in [2.75, 3.05) is 20.6 Å². The van der Waals surface area contributed by atoms with Gasteiger partial charge >= 0.3 is 0 Å². The fourth-order valence-corrected chi connectivity index (χ4v) is 4.64. The smallest absolute Gasteiger partial charge is 0.243 e. The van der Waals surface area contributed by atoms with Gasteiger partial charge in [0.1, 0.15) is 6.04 Å². The summed E-state index contributed by atoms with van der Waals surface area (Å²) in [5.74, 6) is -0.893. The molecular formula is C21H24Cl3N3O4S. The summed E-state index contributed by atoms with van der Waals surface area (Å²) in [7, 11) is -1.16. The molecule has 7 nitrogen and oxygen atoms in total. The molecule has 2 aromatic rings. The number of hydrogen-bond donors (Lipinski definition) is 1. The summed E-state index contributed by atoms with van der Waals surface area (Å²) in [6.45, 7) is 1.36. The fourth-order valence-electron chi connectivity index (χ4n) is 3.07. The third-order valence-electron chi connectivity index (χ3n) is 4.85. The predicted molar refractivity (Wildman–Crippen MR) is 126 cm³/mol. The summed E-state index contributed by atoms with van der Waals surface area (Å²) in [5, 5.41) is 3.62. The van der Waals surface area contributed by atoms with Gasteiger partial charge in [0.25, 0.3) is 0 Å². The lowest BCUT2D eigenvalue weighted by molar-refractivity contribution is -0.141. The minimum atomic E-state index is -3.94. The molecule has 0 aliphatic heterocycles. The summed E-state index contributed by atoms with van der Waals surface area (Å²) < 4.78 is 26.7. The van der Waals surface area contributed by atoms with E-state index >= 15 is 0 Å². The molecule has 0 unspecified atom stereocenters. The number of amides is 2. The van der Waals surface area contributed by atoms with Crippen molar-refractivity contribution in [3.8, 4) is 0 Å². The van der Waals surface area contributed by atoms with E-state index in [0.717, 1.165) is 4.31 Å². The Hall–Kier alpha value is -1.84. The molecule has 0 saturated heterocycles. The maximum absolute atomic E-state index is 13.2. The summed E-state index contributed by atoms with van der Waals surface area (Å²) in [4.78, 5) is 27.0. The number of sulfonamides is 1. The first-order valence-corrected chi connectivity index (χ1v) is 12.3. The number of nitrogens with zero attached hydrogens (tertiary/aromatic N) is 2. The molecule has 0 aliphatic rings. The molecule has 0 spiro atoms. The van der Waals surface area contributed by atoms with Crippen LogP contribution in [0.1, 0.15) is 18.9 Å². The molecule has 0 heterocycles. The zero-order valence-electron chi connectivity index (χ0n) is 17.8. The monoisotopic (exact) mass is 519 g/mol. The molecule has 0 aromatic heterocycles. The zero-order chi connectivity index (χ0) is 24.1. The molecule has 2 amide bonds. The van der Waals surface area contributed by atoms with Crippen molar-refractivity contribution in [3.05, 3.63) is 63.1 Å². The molecule has 2 rings (SSSR count). The van der Waals surface area contributed by atoms with Crippen LogP contribution in [-0.2, 0) is 26.2 Å². The van der Waals surface area contributed by atoms with Gasteiger partial charge in [-0.2, -0.15) is 4.31 Å². The molecule has 0 radical (unpaired) electrons. The first-order valence-electron chi connectivity index (χ1n) is 9.68. The van der Waals surface area contributed by atoms with Crippen molar-refractivity contribution in [1.29, 1.82) is 0 Å². The third kappa shape index (κ3) is 6.36. The van der Waals surface area contributed by atoms with Crippen LogP contribution in [0.2, 0.25) is 15.1 Å². The molecule has 1 N–H and O–H groups in total. The van der Waals surface area contributed by atoms with Crippen molar-refractivity contribution >= 4 is 56.6 Å². The van der Waals surface area contributed by atoms with Gasteiger partial charge < -0.3 is 10.2 Å². The molecule has 0 aliphatic carbocycles. The highest BCUT2D eigenvalue weighted by atomic mass is 35.5. The lowest BCUT2D eigenvalue weighted by atomic mass is 10.1. The van der Waals surface area contributed by atoms with Crippen LogP contribution >= 0.6 is 34.8 Å². The van der Waals surface area contributed by atoms with E-state index in [1.807, 2.05) is 0 Å². The molecule has 174 valence electrons. The third-order valence-corrected chi connectivity index (χ3v) is 7.66. The standard InChI is InChI=1S/C21H24Cl3N3O4S/c1-4-19(21(29)25-2)27(12-14-5-10-17(23)18(24)11-14)20(28)13-26(3)32(30,31)16-8-6-15(22)7-9-16/h5-11,19H,4,12-13H2,1-3H3,(H,25,29)/t19-/m0/s1. The minimum Gasteiger partial charge on any atom is -0.357 e. The largest absolute Gasteiger partial charge is 0.357 e. The molecule has 1 atom stereocenters. The lowest BCUT2D eigenvalue weighted by Gasteiger charge is -2.31. The van der Waals surface area contributed by atoms with E-state index < -0.39 is 28.5 Å². The van der Waals surface area contributed by atoms with Crippen LogP contribution in [0, 0.1) is 0 Å². The van der Waals surface area contributed by atoms with E-state index in [1.165, 1.54) is 43.3 Å². The maximum atomic E-state index is 13.2. The van der Waals surface area contributed by atoms with Crippen molar-refractivity contribution in [2.24, 2.45) is 0 Å². The quantitative estimate of drug-likeness (QED) is 0.544. The molecule has 32 heavy (non-hydrogen) atoms. The van der Waals surface area contributed by atoms with Gasteiger partial charge in [-0.25, -0.2) is 8.42 Å². The Kier molecular flexibility index (Phi) is 9.36. The van der Waals surface area contributed by atoms with Gasteiger partial charge in [-0.05, 0) is 48.4 Å². The summed E-state index contributed by atoms with van der Waals surface area (Å²) in [6.07, 6.45) is 0.334. The van der Waals surface area contributed by atoms with E-state index in [4.69, 9.17) is 34.8 Å². The SMILES string of the molecule is CC[C@@H](C(=O)NC)N(Cc1ccc(Cl)c(Cl)c1)C(=O)CN(C)S(=O)(=O)c1ccc(Cl)cc1. The van der Waals surface area contributed by atoms with Crippen LogP contribution in [0.4, 0.5) is 0 Å². The van der Waals surface area contributed by atoms with Gasteiger partial charge in [-0.15, -0.1) is 0 Å². The summed E-state index contributed by atoms with van der Waals surface area (Å²) in [6, 6.07) is 9.75. The Morgan fingerprint density at radius 2 is 1.66 bits per heavy atom. The molecule has 2 aromatic carbocycles. The number of nitrogens with one attached hydrogen (secondary N) is 1. The molecular weight excluding hydrogens is 497 g/mol. The van der Waals surface area contributed by atoms with Crippen LogP contribution in [0.5, 0.6) is 0 Å². The second kappa shape index (κ2) is 11.3. The van der Waals surface area contributed by atoms with E-state index in [-0.39, 0.29) is 17.3 Å². The van der Waals surface area contributed by atoms with E-state index in [1.54, 1.807) is 25.1 Å². The number of likely N-dealkylation sites (N-methyl/N-ethyl adjacent to an activating group) is 2. The fraction of sp³-hybridized carbons (Fsp3) is 0.333. The van der Waals surface area contributed by atoms with Gasteiger partial charge in [0.05, 0.1) is 21.5 Å². The van der Waals surface area contributed by atoms with Crippen molar-refractivity contribution in [2.45, 2.75) is 30.8 Å². The topological polar surface area (TPSA) is 86.8 Å². The second-order valence-electron chi connectivity index (χ2n) is 7.02. The predicted octanol–water partition coefficient (Wildman–Crippen LogP) is 3.82. The van der Waals surface area contributed by atoms with Crippen LogP contribution in [0.3, 0.4) is 0 Å². The number of rotatable bonds is 9. The highest BCUT2D eigenvalue weighted by molar-refractivity contribution is 7.89. The van der Waals surface area contributed by atoms with Crippen LogP contribution in [-0.4, -0.2) is 56.1 Å². The number of carbonyl (C=O) groups excluding carboxylic acids is 2. The van der Waals surface area contributed by atoms with Crippen LogP contribution in [0.25, 0.3) is 0 Å². The van der Waals surface area contributed by atoms with Crippen LogP contribution in [0.15, 0.2) is 47.4 Å². The van der Waals surface area contributed by atoms with Gasteiger partial charge in [0.15, 0.2) is 0 Å². The average Bonchev–Trinajstić information content (AvgIpc) is 2.75. The molecule has 0 bridgehead atoms. The number of benzene rings is 2. The highest BCUT2D eigenvalue weighted by Crippen LogP contribution is 2.24. The summed E-state index contributed by atoms with van der Waals surface area (Å²) >= 11 is 17.9. The first kappa shape index (κ1) is 26.4. The van der Waals surface area contributed by atoms with E-state index in [0.29, 0.717) is 27.1 Å². The highest BCUT2D eigenvalue weighted by Gasteiger charge is 2.31. The zero-order valence-corrected chi connectivity index (χ0v) is 20.9. The Morgan fingerprint density at radius 3 is 2.19 bits per heavy atom. The lowest BCUT2D eigenvalue weighted by Crippen LogP contribution is -2.51. The van der Waals surface area contributed by atoms with Gasteiger partial charge in [-0.1, -0.05) is 47.8 Å². The van der Waals surface area contributed by atoms with E-state index in [9.17, 15) is 18.0 Å². The van der Waals surface area contributed by atoms with Crippen molar-refractivity contribution in [1.82, 2.24) is 14.5 Å². The maximum Gasteiger partial charge on any atom is 0.243 e. The Balaban J connectivity index is 2.32. The van der Waals surface area contributed by atoms with Crippen LogP contribution < -0.4 is 5.32 Å². The van der Waals surface area contributed by atoms with Gasteiger partial charge in [-0.3, -0.25) is 9.59 Å². The average molecular weight is 521 g/mol. The van der Waals surface area contributed by atoms with Crippen molar-refractivity contribution in [3.63, 3.8) is 0 Å².